The minimum atomic E-state index is -3.68. The molecule has 0 aliphatic carbocycles. The number of sulfonamides is 1. The summed E-state index contributed by atoms with van der Waals surface area (Å²) >= 11 is 0. The van der Waals surface area contributed by atoms with Crippen molar-refractivity contribution in [2.75, 3.05) is 0 Å². The van der Waals surface area contributed by atoms with E-state index in [4.69, 9.17) is 5.14 Å². The Bertz CT molecular complexity index is 506. The normalized spacial score (nSPS) is 11.5. The van der Waals surface area contributed by atoms with Crippen LogP contribution < -0.4 is 5.14 Å². The number of carbonyl (C=O) groups is 1. The summed E-state index contributed by atoms with van der Waals surface area (Å²) in [6.45, 7) is 2.15. The van der Waals surface area contributed by atoms with E-state index in [0.29, 0.717) is 12.0 Å². The Kier molecular flexibility index (Phi) is 6.18. The molecule has 0 bridgehead atoms. The summed E-state index contributed by atoms with van der Waals surface area (Å²) in [6.07, 6.45) is 6.01. The average Bonchev–Trinajstić information content (AvgIpc) is 2.37. The summed E-state index contributed by atoms with van der Waals surface area (Å²) in [6, 6.07) is 5.79. The smallest absolute Gasteiger partial charge is 0.238 e. The third-order valence-corrected chi connectivity index (χ3v) is 3.94. The molecule has 1 aromatic carbocycles. The van der Waals surface area contributed by atoms with Crippen molar-refractivity contribution in [1.29, 1.82) is 0 Å². The van der Waals surface area contributed by atoms with Crippen LogP contribution in [0.15, 0.2) is 29.2 Å². The van der Waals surface area contributed by atoms with Gasteiger partial charge in [-0.1, -0.05) is 44.7 Å². The highest BCUT2D eigenvalue weighted by atomic mass is 32.2. The van der Waals surface area contributed by atoms with Crippen LogP contribution in [-0.4, -0.2) is 14.2 Å². The maximum Gasteiger partial charge on any atom is 0.238 e. The number of rotatable bonds is 8. The molecular formula is C14H21NO3S. The maximum absolute atomic E-state index is 11.9. The third kappa shape index (κ3) is 5.53. The van der Waals surface area contributed by atoms with Crippen LogP contribution in [0, 0.1) is 0 Å². The van der Waals surface area contributed by atoms with Crippen LogP contribution in [0.4, 0.5) is 0 Å². The first-order chi connectivity index (χ1) is 8.95. The van der Waals surface area contributed by atoms with Crippen LogP contribution in [0.3, 0.4) is 0 Å². The van der Waals surface area contributed by atoms with Crippen molar-refractivity contribution in [1.82, 2.24) is 0 Å². The van der Waals surface area contributed by atoms with Gasteiger partial charge in [0.25, 0.3) is 0 Å². The van der Waals surface area contributed by atoms with Gasteiger partial charge in [-0.3, -0.25) is 4.79 Å². The van der Waals surface area contributed by atoms with Gasteiger partial charge in [0.1, 0.15) is 0 Å². The van der Waals surface area contributed by atoms with Crippen molar-refractivity contribution in [3.8, 4) is 0 Å². The number of hydrogen-bond donors (Lipinski definition) is 1. The fraction of sp³-hybridized carbons (Fsp3) is 0.500. The van der Waals surface area contributed by atoms with E-state index < -0.39 is 10.0 Å². The Hall–Kier alpha value is -1.20. The van der Waals surface area contributed by atoms with Crippen LogP contribution in [0.5, 0.6) is 0 Å². The molecule has 4 nitrogen and oxygen atoms in total. The van der Waals surface area contributed by atoms with Crippen molar-refractivity contribution < 1.29 is 13.2 Å². The summed E-state index contributed by atoms with van der Waals surface area (Å²) in [5, 5.41) is 5.00. The van der Waals surface area contributed by atoms with E-state index in [1.807, 2.05) is 0 Å². The molecule has 0 amide bonds. The Morgan fingerprint density at radius 2 is 1.63 bits per heavy atom. The number of primary sulfonamides is 1. The molecule has 19 heavy (non-hydrogen) atoms. The fourth-order valence-electron chi connectivity index (χ4n) is 1.86. The van der Waals surface area contributed by atoms with Crippen LogP contribution in [-0.2, 0) is 10.0 Å². The number of ketones is 1. The zero-order valence-electron chi connectivity index (χ0n) is 11.3. The lowest BCUT2D eigenvalue weighted by atomic mass is 10.0. The van der Waals surface area contributed by atoms with Crippen LogP contribution >= 0.6 is 0 Å². The van der Waals surface area contributed by atoms with Crippen molar-refractivity contribution >= 4 is 15.8 Å². The Labute approximate surface area is 115 Å². The second kappa shape index (κ2) is 7.40. The zero-order chi connectivity index (χ0) is 14.3. The van der Waals surface area contributed by atoms with Crippen LogP contribution in [0.1, 0.15) is 55.8 Å². The van der Waals surface area contributed by atoms with Crippen LogP contribution in [0.2, 0.25) is 0 Å². The molecule has 0 fully saturated rings. The molecule has 0 saturated carbocycles. The van der Waals surface area contributed by atoms with Gasteiger partial charge < -0.3 is 0 Å². The predicted molar refractivity (Wildman–Crippen MR) is 75.5 cm³/mol. The lowest BCUT2D eigenvalue weighted by Crippen LogP contribution is -2.12. The molecule has 2 N–H and O–H groups in total. The topological polar surface area (TPSA) is 77.2 Å². The quantitative estimate of drug-likeness (QED) is 0.588. The van der Waals surface area contributed by atoms with E-state index in [1.165, 1.54) is 37.1 Å². The monoisotopic (exact) mass is 283 g/mol. The third-order valence-electron chi connectivity index (χ3n) is 3.01. The highest BCUT2D eigenvalue weighted by Gasteiger charge is 2.10. The minimum absolute atomic E-state index is 0.0343. The summed E-state index contributed by atoms with van der Waals surface area (Å²) in [4.78, 5) is 11.9. The van der Waals surface area contributed by atoms with Gasteiger partial charge in [0.05, 0.1) is 4.90 Å². The molecule has 0 atom stereocenters. The van der Waals surface area contributed by atoms with Gasteiger partial charge in [-0.05, 0) is 18.6 Å². The van der Waals surface area contributed by atoms with E-state index in [1.54, 1.807) is 0 Å². The van der Waals surface area contributed by atoms with Gasteiger partial charge >= 0.3 is 0 Å². The molecular weight excluding hydrogens is 262 g/mol. The van der Waals surface area contributed by atoms with Crippen molar-refractivity contribution in [3.05, 3.63) is 29.8 Å². The van der Waals surface area contributed by atoms with Crippen molar-refractivity contribution in [3.63, 3.8) is 0 Å². The number of nitrogens with two attached hydrogens (primary N) is 1. The van der Waals surface area contributed by atoms with Gasteiger partial charge in [-0.2, -0.15) is 0 Å². The van der Waals surface area contributed by atoms with Gasteiger partial charge in [-0.15, -0.1) is 0 Å². The first-order valence-corrected chi connectivity index (χ1v) is 8.16. The minimum Gasteiger partial charge on any atom is -0.294 e. The van der Waals surface area contributed by atoms with Gasteiger partial charge in [0, 0.05) is 12.0 Å². The molecule has 0 saturated heterocycles. The molecule has 0 aliphatic rings. The molecule has 1 aromatic rings. The molecule has 0 spiro atoms. The molecule has 0 aromatic heterocycles. The fourth-order valence-corrected chi connectivity index (χ4v) is 2.38. The lowest BCUT2D eigenvalue weighted by Gasteiger charge is -2.03. The van der Waals surface area contributed by atoms with Crippen LogP contribution in [0.25, 0.3) is 0 Å². The first-order valence-electron chi connectivity index (χ1n) is 6.61. The molecule has 0 radical (unpaired) electrons. The second-order valence-electron chi connectivity index (χ2n) is 4.66. The maximum atomic E-state index is 11.9. The number of benzene rings is 1. The molecule has 0 heterocycles. The second-order valence-corrected chi connectivity index (χ2v) is 6.22. The zero-order valence-corrected chi connectivity index (χ0v) is 12.1. The van der Waals surface area contributed by atoms with E-state index >= 15 is 0 Å². The highest BCUT2D eigenvalue weighted by molar-refractivity contribution is 7.89. The van der Waals surface area contributed by atoms with E-state index in [0.717, 1.165) is 19.3 Å². The van der Waals surface area contributed by atoms with E-state index in [-0.39, 0.29) is 10.7 Å². The summed E-state index contributed by atoms with van der Waals surface area (Å²) in [5.41, 5.74) is 0.544. The summed E-state index contributed by atoms with van der Waals surface area (Å²) in [7, 11) is -3.68. The summed E-state index contributed by atoms with van der Waals surface area (Å²) < 4.78 is 22.2. The number of Topliss-reactive ketones (excluding diaryl/α,β-unsaturated/α-hetero) is 1. The van der Waals surface area contributed by atoms with Gasteiger partial charge in [0.15, 0.2) is 5.78 Å². The van der Waals surface area contributed by atoms with Gasteiger partial charge in [-0.25, -0.2) is 13.6 Å². The molecule has 5 heteroatoms. The average molecular weight is 283 g/mol. The molecule has 106 valence electrons. The van der Waals surface area contributed by atoms with Crippen molar-refractivity contribution in [2.24, 2.45) is 5.14 Å². The Morgan fingerprint density at radius 1 is 1.05 bits per heavy atom. The van der Waals surface area contributed by atoms with E-state index in [2.05, 4.69) is 6.92 Å². The van der Waals surface area contributed by atoms with Gasteiger partial charge in [0.2, 0.25) is 10.0 Å². The molecule has 1 rings (SSSR count). The van der Waals surface area contributed by atoms with E-state index in [9.17, 15) is 13.2 Å². The molecule has 0 unspecified atom stereocenters. The van der Waals surface area contributed by atoms with Crippen molar-refractivity contribution in [2.45, 2.75) is 50.3 Å². The SMILES string of the molecule is CCCCCCCC(=O)c1ccc(S(N)(=O)=O)cc1. The Balaban J connectivity index is 2.50. The molecule has 0 aliphatic heterocycles. The largest absolute Gasteiger partial charge is 0.294 e. The number of carbonyl (C=O) groups excluding carboxylic acids is 1. The lowest BCUT2D eigenvalue weighted by molar-refractivity contribution is 0.0979. The first kappa shape index (κ1) is 15.9. The standard InChI is InChI=1S/C14H21NO3S/c1-2-3-4-5-6-7-14(16)12-8-10-13(11-9-12)19(15,17)18/h8-11H,2-7H2,1H3,(H2,15,17,18). The predicted octanol–water partition coefficient (Wildman–Crippen LogP) is 2.88. The Morgan fingerprint density at radius 3 is 2.16 bits per heavy atom. The number of unbranched alkanes of at least 4 members (excludes halogenated alkanes) is 4. The number of hydrogen-bond acceptors (Lipinski definition) is 3. The highest BCUT2D eigenvalue weighted by Crippen LogP contribution is 2.13. The summed E-state index contributed by atoms with van der Waals surface area (Å²) in [5.74, 6) is 0.0532.